The third kappa shape index (κ3) is 4.27. The van der Waals surface area contributed by atoms with E-state index in [1.807, 2.05) is 4.90 Å². The summed E-state index contributed by atoms with van der Waals surface area (Å²) in [6.45, 7) is 5.51. The molecule has 0 radical (unpaired) electrons. The van der Waals surface area contributed by atoms with Gasteiger partial charge in [-0.3, -0.25) is 9.69 Å². The van der Waals surface area contributed by atoms with Gasteiger partial charge in [-0.2, -0.15) is 0 Å². The Bertz CT molecular complexity index is 583. The molecule has 3 aliphatic heterocycles. The second kappa shape index (κ2) is 8.07. The van der Waals surface area contributed by atoms with Crippen molar-refractivity contribution in [1.82, 2.24) is 9.80 Å². The molecule has 0 unspecified atom stereocenters. The van der Waals surface area contributed by atoms with Gasteiger partial charge in [-0.25, -0.2) is 0 Å². The van der Waals surface area contributed by atoms with Gasteiger partial charge < -0.3 is 14.4 Å². The van der Waals surface area contributed by atoms with Gasteiger partial charge in [0, 0.05) is 25.9 Å². The number of benzene rings is 1. The Hall–Kier alpha value is -1.43. The molecule has 142 valence electrons. The highest BCUT2D eigenvalue weighted by Crippen LogP contribution is 2.31. The molecule has 3 saturated heterocycles. The van der Waals surface area contributed by atoms with E-state index < -0.39 is 5.79 Å². The van der Waals surface area contributed by atoms with Gasteiger partial charge in [-0.15, -0.1) is 0 Å². The number of amides is 1. The summed E-state index contributed by atoms with van der Waals surface area (Å²) >= 11 is 0. The van der Waals surface area contributed by atoms with Crippen molar-refractivity contribution >= 4 is 5.91 Å². The number of ether oxygens (including phenoxy) is 2. The van der Waals surface area contributed by atoms with Crippen molar-refractivity contribution in [2.75, 3.05) is 45.9 Å². The molecule has 1 amide bonds. The van der Waals surface area contributed by atoms with E-state index in [1.54, 1.807) is 0 Å². The van der Waals surface area contributed by atoms with Gasteiger partial charge in [0.25, 0.3) is 0 Å². The van der Waals surface area contributed by atoms with E-state index in [1.165, 1.54) is 18.4 Å². The van der Waals surface area contributed by atoms with E-state index >= 15 is 0 Å². The van der Waals surface area contributed by atoms with Gasteiger partial charge in [0.05, 0.1) is 19.8 Å². The van der Waals surface area contributed by atoms with Gasteiger partial charge >= 0.3 is 0 Å². The molecule has 0 atom stereocenters. The first kappa shape index (κ1) is 18.0. The van der Waals surface area contributed by atoms with Crippen LogP contribution in [0.5, 0.6) is 0 Å². The Kier molecular flexibility index (Phi) is 5.57. The maximum Gasteiger partial charge on any atom is 0.236 e. The summed E-state index contributed by atoms with van der Waals surface area (Å²) in [7, 11) is 0. The lowest BCUT2D eigenvalue weighted by molar-refractivity contribution is -0.187. The fourth-order valence-electron chi connectivity index (χ4n) is 4.47. The van der Waals surface area contributed by atoms with Crippen LogP contribution in [0.15, 0.2) is 30.3 Å². The molecular formula is C21H30N2O3. The van der Waals surface area contributed by atoms with Crippen molar-refractivity contribution in [3.8, 4) is 0 Å². The lowest BCUT2D eigenvalue weighted by atomic mass is 9.90. The minimum atomic E-state index is -0.396. The van der Waals surface area contributed by atoms with E-state index in [0.717, 1.165) is 51.4 Å². The van der Waals surface area contributed by atoms with Gasteiger partial charge in [0.15, 0.2) is 5.79 Å². The molecule has 0 bridgehead atoms. The summed E-state index contributed by atoms with van der Waals surface area (Å²) in [5.41, 5.74) is 1.43. The molecule has 5 nitrogen and oxygen atoms in total. The summed E-state index contributed by atoms with van der Waals surface area (Å²) < 4.78 is 11.5. The van der Waals surface area contributed by atoms with Crippen LogP contribution in [0.2, 0.25) is 0 Å². The Balaban J connectivity index is 1.19. The Morgan fingerprint density at radius 1 is 1.00 bits per heavy atom. The lowest BCUT2D eigenvalue weighted by Gasteiger charge is -2.39. The number of carbonyl (C=O) groups excluding carboxylic acids is 1. The quantitative estimate of drug-likeness (QED) is 0.828. The summed E-state index contributed by atoms with van der Waals surface area (Å²) in [6.07, 6.45) is 5.15. The van der Waals surface area contributed by atoms with Crippen molar-refractivity contribution in [1.29, 1.82) is 0 Å². The van der Waals surface area contributed by atoms with Crippen LogP contribution >= 0.6 is 0 Å². The summed E-state index contributed by atoms with van der Waals surface area (Å²) in [5.74, 6) is 0.613. The SMILES string of the molecule is O=C(CN1CCC(Cc2ccccc2)CC1)N1CCC2(CC1)OCCO2. The van der Waals surface area contributed by atoms with Crippen molar-refractivity contribution in [2.24, 2.45) is 5.92 Å². The third-order valence-electron chi connectivity index (χ3n) is 6.12. The number of piperidine rings is 2. The average Bonchev–Trinajstić information content (AvgIpc) is 3.13. The van der Waals surface area contributed by atoms with Crippen LogP contribution in [-0.2, 0) is 20.7 Å². The number of likely N-dealkylation sites (tertiary alicyclic amines) is 2. The maximum absolute atomic E-state index is 12.6. The van der Waals surface area contributed by atoms with E-state index in [2.05, 4.69) is 35.2 Å². The van der Waals surface area contributed by atoms with Crippen LogP contribution in [0.25, 0.3) is 0 Å². The molecule has 1 aromatic carbocycles. The molecule has 26 heavy (non-hydrogen) atoms. The Morgan fingerprint density at radius 3 is 2.31 bits per heavy atom. The van der Waals surface area contributed by atoms with Crippen LogP contribution < -0.4 is 0 Å². The maximum atomic E-state index is 12.6. The zero-order chi connectivity index (χ0) is 17.8. The van der Waals surface area contributed by atoms with Crippen LogP contribution in [-0.4, -0.2) is 67.4 Å². The molecule has 1 spiro atoms. The van der Waals surface area contributed by atoms with Crippen LogP contribution in [0.4, 0.5) is 0 Å². The van der Waals surface area contributed by atoms with Gasteiger partial charge in [-0.05, 0) is 43.8 Å². The Morgan fingerprint density at radius 2 is 1.65 bits per heavy atom. The zero-order valence-corrected chi connectivity index (χ0v) is 15.6. The summed E-state index contributed by atoms with van der Waals surface area (Å²) in [4.78, 5) is 17.0. The molecule has 0 N–H and O–H groups in total. The normalized spacial score (nSPS) is 24.2. The first-order valence-corrected chi connectivity index (χ1v) is 10.0. The fourth-order valence-corrected chi connectivity index (χ4v) is 4.47. The van der Waals surface area contributed by atoms with E-state index in [4.69, 9.17) is 9.47 Å². The monoisotopic (exact) mass is 358 g/mol. The molecule has 0 aromatic heterocycles. The predicted molar refractivity (Wildman–Crippen MR) is 99.8 cm³/mol. The van der Waals surface area contributed by atoms with Crippen LogP contribution in [0.1, 0.15) is 31.2 Å². The topological polar surface area (TPSA) is 42.0 Å². The highest BCUT2D eigenvalue weighted by atomic mass is 16.7. The summed E-state index contributed by atoms with van der Waals surface area (Å²) in [6, 6.07) is 10.7. The van der Waals surface area contributed by atoms with Crippen molar-refractivity contribution < 1.29 is 14.3 Å². The van der Waals surface area contributed by atoms with E-state index in [0.29, 0.717) is 19.8 Å². The molecule has 4 rings (SSSR count). The molecule has 3 heterocycles. The highest BCUT2D eigenvalue weighted by Gasteiger charge is 2.40. The Labute approximate surface area is 156 Å². The van der Waals surface area contributed by atoms with E-state index in [9.17, 15) is 4.79 Å². The van der Waals surface area contributed by atoms with Crippen molar-refractivity contribution in [2.45, 2.75) is 37.9 Å². The number of hydrogen-bond acceptors (Lipinski definition) is 4. The standard InChI is InChI=1S/C21H30N2O3/c24-20(23-12-8-21(9-13-23)25-14-15-26-21)17-22-10-6-19(7-11-22)16-18-4-2-1-3-5-18/h1-5,19H,6-17H2. The molecule has 0 aliphatic carbocycles. The summed E-state index contributed by atoms with van der Waals surface area (Å²) in [5, 5.41) is 0. The van der Waals surface area contributed by atoms with Crippen molar-refractivity contribution in [3.63, 3.8) is 0 Å². The third-order valence-corrected chi connectivity index (χ3v) is 6.12. The smallest absolute Gasteiger partial charge is 0.236 e. The van der Waals surface area contributed by atoms with E-state index in [-0.39, 0.29) is 5.91 Å². The van der Waals surface area contributed by atoms with Gasteiger partial charge in [0.2, 0.25) is 5.91 Å². The van der Waals surface area contributed by atoms with Crippen molar-refractivity contribution in [3.05, 3.63) is 35.9 Å². The molecule has 5 heteroatoms. The molecule has 0 saturated carbocycles. The second-order valence-electron chi connectivity index (χ2n) is 7.90. The first-order valence-electron chi connectivity index (χ1n) is 10.0. The second-order valence-corrected chi connectivity index (χ2v) is 7.90. The van der Waals surface area contributed by atoms with Gasteiger partial charge in [0.1, 0.15) is 0 Å². The minimum Gasteiger partial charge on any atom is -0.347 e. The number of rotatable bonds is 4. The average molecular weight is 358 g/mol. The van der Waals surface area contributed by atoms with Gasteiger partial charge in [-0.1, -0.05) is 30.3 Å². The largest absolute Gasteiger partial charge is 0.347 e. The number of carbonyl (C=O) groups is 1. The number of nitrogens with zero attached hydrogens (tertiary/aromatic N) is 2. The van der Waals surface area contributed by atoms with Crippen LogP contribution in [0, 0.1) is 5.92 Å². The predicted octanol–water partition coefficient (Wildman–Crippen LogP) is 2.31. The molecule has 3 aliphatic rings. The minimum absolute atomic E-state index is 0.263. The lowest BCUT2D eigenvalue weighted by Crippen LogP contribution is -2.50. The molecule has 1 aromatic rings. The first-order chi connectivity index (χ1) is 12.7. The zero-order valence-electron chi connectivity index (χ0n) is 15.6. The molecule has 3 fully saturated rings. The molecular weight excluding hydrogens is 328 g/mol. The highest BCUT2D eigenvalue weighted by molar-refractivity contribution is 5.78. The fraction of sp³-hybridized carbons (Fsp3) is 0.667. The van der Waals surface area contributed by atoms with Crippen LogP contribution in [0.3, 0.4) is 0 Å². The number of hydrogen-bond donors (Lipinski definition) is 0.